The molecule has 28 heavy (non-hydrogen) atoms. The van der Waals surface area contributed by atoms with Gasteiger partial charge in [0.15, 0.2) is 11.5 Å². The number of amides is 1. The summed E-state index contributed by atoms with van der Waals surface area (Å²) in [6.07, 6.45) is 0.483. The van der Waals surface area contributed by atoms with Crippen LogP contribution in [0, 0.1) is 25.7 Å². The van der Waals surface area contributed by atoms with Crippen LogP contribution < -0.4 is 9.47 Å². The molecule has 1 saturated carbocycles. The number of benzene rings is 1. The number of fused-ring (bicyclic) bond motifs is 1. The molecule has 2 aromatic rings. The fraction of sp³-hybridized carbons (Fsp3) is 0.524. The second-order valence-corrected chi connectivity index (χ2v) is 7.87. The van der Waals surface area contributed by atoms with Crippen LogP contribution >= 0.6 is 0 Å². The number of likely N-dealkylation sites (tertiary alicyclic amines) is 1. The van der Waals surface area contributed by atoms with Crippen molar-refractivity contribution in [3.63, 3.8) is 0 Å². The molecular formula is C21H27N3O4. The van der Waals surface area contributed by atoms with Crippen LogP contribution in [0.4, 0.5) is 0 Å². The van der Waals surface area contributed by atoms with Gasteiger partial charge in [0.25, 0.3) is 5.91 Å². The lowest BCUT2D eigenvalue weighted by Gasteiger charge is -2.35. The van der Waals surface area contributed by atoms with E-state index in [4.69, 9.17) is 9.47 Å². The molecule has 1 amide bonds. The van der Waals surface area contributed by atoms with E-state index in [0.717, 1.165) is 11.5 Å². The van der Waals surface area contributed by atoms with Crippen molar-refractivity contribution < 1.29 is 19.4 Å². The quantitative estimate of drug-likeness (QED) is 0.843. The van der Waals surface area contributed by atoms with E-state index in [-0.39, 0.29) is 17.9 Å². The Kier molecular flexibility index (Phi) is 5.02. The zero-order valence-corrected chi connectivity index (χ0v) is 16.5. The summed E-state index contributed by atoms with van der Waals surface area (Å²) in [5.74, 6) is 2.61. The van der Waals surface area contributed by atoms with Gasteiger partial charge in [0.1, 0.15) is 17.6 Å². The number of ether oxygens (including phenoxy) is 2. The SMILES string of the molecule is COc1ccccc1O[C@@H]1C[C@@H]2CN(C(=O)c3nc(C)[nH]c3C)C[C@@H]2C[C@H]1O. The number of para-hydroxylation sites is 2. The monoisotopic (exact) mass is 385 g/mol. The summed E-state index contributed by atoms with van der Waals surface area (Å²) >= 11 is 0. The highest BCUT2D eigenvalue weighted by atomic mass is 16.5. The number of imidazole rings is 1. The number of aliphatic hydroxyl groups excluding tert-OH is 1. The van der Waals surface area contributed by atoms with E-state index in [9.17, 15) is 9.90 Å². The Labute approximate surface area is 164 Å². The molecule has 0 unspecified atom stereocenters. The Morgan fingerprint density at radius 3 is 2.50 bits per heavy atom. The number of rotatable bonds is 4. The second kappa shape index (κ2) is 7.47. The third-order valence-corrected chi connectivity index (χ3v) is 5.93. The predicted molar refractivity (Wildman–Crippen MR) is 104 cm³/mol. The van der Waals surface area contributed by atoms with Crippen molar-refractivity contribution in [3.8, 4) is 11.5 Å². The fourth-order valence-corrected chi connectivity index (χ4v) is 4.53. The van der Waals surface area contributed by atoms with Gasteiger partial charge in [0.2, 0.25) is 0 Å². The van der Waals surface area contributed by atoms with Crippen molar-refractivity contribution in [2.45, 2.75) is 38.9 Å². The van der Waals surface area contributed by atoms with E-state index in [0.29, 0.717) is 49.0 Å². The van der Waals surface area contributed by atoms with Crippen LogP contribution in [-0.2, 0) is 0 Å². The number of aliphatic hydroxyl groups is 1. The third kappa shape index (κ3) is 3.46. The maximum Gasteiger partial charge on any atom is 0.274 e. The van der Waals surface area contributed by atoms with Crippen molar-refractivity contribution in [3.05, 3.63) is 41.5 Å². The zero-order chi connectivity index (χ0) is 19.8. The van der Waals surface area contributed by atoms with Gasteiger partial charge in [-0.25, -0.2) is 4.98 Å². The molecule has 4 rings (SSSR count). The van der Waals surface area contributed by atoms with E-state index in [1.807, 2.05) is 43.0 Å². The maximum atomic E-state index is 12.9. The Hall–Kier alpha value is -2.54. The molecule has 1 aliphatic heterocycles. The van der Waals surface area contributed by atoms with E-state index >= 15 is 0 Å². The second-order valence-electron chi connectivity index (χ2n) is 7.87. The largest absolute Gasteiger partial charge is 0.493 e. The van der Waals surface area contributed by atoms with Crippen LogP contribution in [-0.4, -0.2) is 58.3 Å². The van der Waals surface area contributed by atoms with Gasteiger partial charge < -0.3 is 24.5 Å². The molecule has 0 radical (unpaired) electrons. The molecule has 1 aliphatic carbocycles. The molecule has 1 saturated heterocycles. The number of carbonyl (C=O) groups is 1. The summed E-state index contributed by atoms with van der Waals surface area (Å²) in [6, 6.07) is 7.47. The van der Waals surface area contributed by atoms with Gasteiger partial charge in [-0.3, -0.25) is 4.79 Å². The summed E-state index contributed by atoms with van der Waals surface area (Å²) in [5, 5.41) is 10.6. The molecule has 0 spiro atoms. The zero-order valence-electron chi connectivity index (χ0n) is 16.5. The first-order chi connectivity index (χ1) is 13.5. The highest BCUT2D eigenvalue weighted by Crippen LogP contribution is 2.39. The van der Waals surface area contributed by atoms with Gasteiger partial charge >= 0.3 is 0 Å². The smallest absolute Gasteiger partial charge is 0.274 e. The van der Waals surface area contributed by atoms with Gasteiger partial charge in [-0.15, -0.1) is 0 Å². The summed E-state index contributed by atoms with van der Waals surface area (Å²) < 4.78 is 11.5. The third-order valence-electron chi connectivity index (χ3n) is 5.93. The lowest BCUT2D eigenvalue weighted by atomic mass is 9.78. The van der Waals surface area contributed by atoms with Crippen molar-refractivity contribution in [2.24, 2.45) is 11.8 Å². The lowest BCUT2D eigenvalue weighted by Crippen LogP contribution is -2.42. The summed E-state index contributed by atoms with van der Waals surface area (Å²) in [7, 11) is 1.61. The molecule has 1 aromatic carbocycles. The van der Waals surface area contributed by atoms with Crippen molar-refractivity contribution in [2.75, 3.05) is 20.2 Å². The molecule has 2 aliphatic rings. The molecule has 4 atom stereocenters. The van der Waals surface area contributed by atoms with Crippen LogP contribution in [0.25, 0.3) is 0 Å². The van der Waals surface area contributed by atoms with Crippen LogP contribution in [0.3, 0.4) is 0 Å². The minimum absolute atomic E-state index is 0.0343. The molecule has 2 fully saturated rings. The number of carbonyl (C=O) groups excluding carboxylic acids is 1. The number of aryl methyl sites for hydroxylation is 2. The minimum atomic E-state index is -0.560. The fourth-order valence-electron chi connectivity index (χ4n) is 4.53. The average Bonchev–Trinajstić information content (AvgIpc) is 3.24. The Bertz CT molecular complexity index is 865. The number of aromatic nitrogens is 2. The van der Waals surface area contributed by atoms with Gasteiger partial charge in [-0.1, -0.05) is 12.1 Å². The molecular weight excluding hydrogens is 358 g/mol. The summed E-state index contributed by atoms with van der Waals surface area (Å²) in [5.41, 5.74) is 1.30. The molecule has 0 bridgehead atoms. The predicted octanol–water partition coefficient (Wildman–Crippen LogP) is 2.33. The average molecular weight is 385 g/mol. The number of nitrogens with one attached hydrogen (secondary N) is 1. The molecule has 7 nitrogen and oxygen atoms in total. The van der Waals surface area contributed by atoms with Gasteiger partial charge in [0.05, 0.1) is 13.2 Å². The number of hydrogen-bond donors (Lipinski definition) is 2. The number of aromatic amines is 1. The number of hydrogen-bond acceptors (Lipinski definition) is 5. The Balaban J connectivity index is 1.45. The first-order valence-electron chi connectivity index (χ1n) is 9.76. The highest BCUT2D eigenvalue weighted by molar-refractivity contribution is 5.93. The number of nitrogens with zero attached hydrogens (tertiary/aromatic N) is 2. The van der Waals surface area contributed by atoms with Crippen LogP contribution in [0.5, 0.6) is 11.5 Å². The number of methoxy groups -OCH3 is 1. The Morgan fingerprint density at radius 1 is 1.18 bits per heavy atom. The van der Waals surface area contributed by atoms with Crippen molar-refractivity contribution in [1.29, 1.82) is 0 Å². The summed E-state index contributed by atoms with van der Waals surface area (Å²) in [6.45, 7) is 5.06. The van der Waals surface area contributed by atoms with Crippen LogP contribution in [0.15, 0.2) is 24.3 Å². The van der Waals surface area contributed by atoms with E-state index in [1.165, 1.54) is 0 Å². The maximum absolute atomic E-state index is 12.9. The van der Waals surface area contributed by atoms with Gasteiger partial charge in [0, 0.05) is 18.8 Å². The molecule has 2 heterocycles. The van der Waals surface area contributed by atoms with Gasteiger partial charge in [-0.05, 0) is 50.7 Å². The van der Waals surface area contributed by atoms with Crippen LogP contribution in [0.2, 0.25) is 0 Å². The minimum Gasteiger partial charge on any atom is -0.493 e. The van der Waals surface area contributed by atoms with E-state index < -0.39 is 6.10 Å². The molecule has 1 aromatic heterocycles. The molecule has 2 N–H and O–H groups in total. The van der Waals surface area contributed by atoms with Crippen molar-refractivity contribution >= 4 is 5.91 Å². The first-order valence-corrected chi connectivity index (χ1v) is 9.76. The molecule has 150 valence electrons. The summed E-state index contributed by atoms with van der Waals surface area (Å²) in [4.78, 5) is 22.2. The van der Waals surface area contributed by atoms with E-state index in [2.05, 4.69) is 9.97 Å². The standard InChI is InChI=1S/C21H27N3O4/c1-12-20(23-13(2)22-12)21(26)24-10-14-8-16(25)19(9-15(14)11-24)28-18-7-5-4-6-17(18)27-3/h4-7,14-16,19,25H,8-11H2,1-3H3,(H,22,23)/t14-,15+,16+,19+/m0/s1. The highest BCUT2D eigenvalue weighted by Gasteiger charge is 2.44. The first kappa shape index (κ1) is 18.8. The lowest BCUT2D eigenvalue weighted by molar-refractivity contribution is -0.0240. The number of H-pyrrole nitrogens is 1. The Morgan fingerprint density at radius 2 is 1.86 bits per heavy atom. The normalized spacial score (nSPS) is 26.8. The van der Waals surface area contributed by atoms with Crippen molar-refractivity contribution in [1.82, 2.24) is 14.9 Å². The topological polar surface area (TPSA) is 87.7 Å². The van der Waals surface area contributed by atoms with Gasteiger partial charge in [-0.2, -0.15) is 0 Å². The van der Waals surface area contributed by atoms with E-state index in [1.54, 1.807) is 7.11 Å². The van der Waals surface area contributed by atoms with Crippen LogP contribution in [0.1, 0.15) is 34.8 Å². The molecule has 7 heteroatoms.